The Hall–Kier alpha value is -1.14. The van der Waals surface area contributed by atoms with Crippen LogP contribution in [-0.4, -0.2) is 11.8 Å². The second-order valence-corrected chi connectivity index (χ2v) is 2.37. The Morgan fingerprint density at radius 3 is 1.92 bits per heavy atom. The van der Waals surface area contributed by atoms with Gasteiger partial charge in [-0.3, -0.25) is 20.4 Å². The first kappa shape index (κ1) is 14.4. The van der Waals surface area contributed by atoms with E-state index >= 15 is 0 Å². The lowest BCUT2D eigenvalue weighted by Gasteiger charge is -1.93. The van der Waals surface area contributed by atoms with Gasteiger partial charge in [0, 0.05) is 13.3 Å². The lowest BCUT2D eigenvalue weighted by molar-refractivity contribution is -0.121. The van der Waals surface area contributed by atoms with Crippen molar-refractivity contribution in [3.63, 3.8) is 0 Å². The maximum Gasteiger partial charge on any atom is 0.233 e. The van der Waals surface area contributed by atoms with Gasteiger partial charge in [0.25, 0.3) is 0 Å². The number of amides is 2. The molecular formula is C7H18N4O2. The van der Waals surface area contributed by atoms with Crippen LogP contribution in [0.3, 0.4) is 0 Å². The number of hydrazine groups is 2. The molecule has 0 saturated carbocycles. The van der Waals surface area contributed by atoms with Crippen LogP contribution in [0.5, 0.6) is 0 Å². The maximum atomic E-state index is 10.3. The van der Waals surface area contributed by atoms with E-state index in [0.717, 1.165) is 12.8 Å². The van der Waals surface area contributed by atoms with Crippen LogP contribution in [0.15, 0.2) is 0 Å². The lowest BCUT2D eigenvalue weighted by atomic mass is 10.2. The Kier molecular flexibility index (Phi) is 12.0. The van der Waals surface area contributed by atoms with Crippen LogP contribution in [0.2, 0.25) is 0 Å². The Labute approximate surface area is 78.0 Å². The lowest BCUT2D eigenvalue weighted by Crippen LogP contribution is -2.29. The average molecular weight is 190 g/mol. The van der Waals surface area contributed by atoms with Gasteiger partial charge in [0.15, 0.2) is 0 Å². The van der Waals surface area contributed by atoms with Gasteiger partial charge < -0.3 is 0 Å². The second-order valence-electron chi connectivity index (χ2n) is 2.37. The summed E-state index contributed by atoms with van der Waals surface area (Å²) in [4.78, 5) is 19.9. The molecule has 0 atom stereocenters. The summed E-state index contributed by atoms with van der Waals surface area (Å²) in [5.74, 6) is 9.09. The number of rotatable bonds is 3. The van der Waals surface area contributed by atoms with E-state index < -0.39 is 0 Å². The van der Waals surface area contributed by atoms with E-state index in [2.05, 4.69) is 11.3 Å². The fourth-order valence-electron chi connectivity index (χ4n) is 0.410. The number of carbonyl (C=O) groups is 2. The van der Waals surface area contributed by atoms with E-state index in [4.69, 9.17) is 5.84 Å². The molecule has 13 heavy (non-hydrogen) atoms. The van der Waals surface area contributed by atoms with Crippen molar-refractivity contribution in [2.75, 3.05) is 0 Å². The van der Waals surface area contributed by atoms with E-state index in [1.807, 2.05) is 12.3 Å². The highest BCUT2D eigenvalue weighted by molar-refractivity contribution is 5.75. The minimum Gasteiger partial charge on any atom is -0.295 e. The zero-order valence-electron chi connectivity index (χ0n) is 8.09. The van der Waals surface area contributed by atoms with Gasteiger partial charge in [-0.15, -0.1) is 0 Å². The maximum absolute atomic E-state index is 10.3. The molecule has 2 amide bonds. The van der Waals surface area contributed by atoms with Crippen molar-refractivity contribution in [1.82, 2.24) is 10.9 Å². The molecule has 78 valence electrons. The summed E-state index contributed by atoms with van der Waals surface area (Å²) in [6.07, 6.45) is 2.50. The topological polar surface area (TPSA) is 110 Å². The summed E-state index contributed by atoms with van der Waals surface area (Å²) in [5, 5.41) is 0. The van der Waals surface area contributed by atoms with Gasteiger partial charge in [-0.05, 0) is 6.42 Å². The molecule has 0 radical (unpaired) electrons. The molecule has 0 aliphatic carbocycles. The Morgan fingerprint density at radius 1 is 1.23 bits per heavy atom. The molecule has 0 unspecified atom stereocenters. The number of hydrogen-bond acceptors (Lipinski definition) is 4. The Morgan fingerprint density at radius 2 is 1.69 bits per heavy atom. The van der Waals surface area contributed by atoms with E-state index in [1.54, 1.807) is 0 Å². The predicted octanol–water partition coefficient (Wildman–Crippen LogP) is -0.837. The van der Waals surface area contributed by atoms with Crippen molar-refractivity contribution in [1.29, 1.82) is 0 Å². The predicted molar refractivity (Wildman–Crippen MR) is 49.9 cm³/mol. The van der Waals surface area contributed by atoms with Crippen LogP contribution in [0.1, 0.15) is 33.1 Å². The molecule has 0 aromatic carbocycles. The van der Waals surface area contributed by atoms with Crippen molar-refractivity contribution >= 4 is 11.8 Å². The van der Waals surface area contributed by atoms with Gasteiger partial charge in [0.2, 0.25) is 11.8 Å². The van der Waals surface area contributed by atoms with Crippen molar-refractivity contribution < 1.29 is 9.59 Å². The molecule has 0 aromatic heterocycles. The Bertz CT molecular complexity index is 149. The quantitative estimate of drug-likeness (QED) is 0.264. The highest BCUT2D eigenvalue weighted by Crippen LogP contribution is 1.91. The number of hydrogen-bond donors (Lipinski definition) is 4. The van der Waals surface area contributed by atoms with E-state index in [-0.39, 0.29) is 11.8 Å². The first-order valence-corrected chi connectivity index (χ1v) is 4.05. The minimum absolute atomic E-state index is 0.0770. The van der Waals surface area contributed by atoms with Crippen molar-refractivity contribution in [2.45, 2.75) is 33.1 Å². The molecule has 0 fully saturated rings. The van der Waals surface area contributed by atoms with Gasteiger partial charge >= 0.3 is 0 Å². The third kappa shape index (κ3) is 18.1. The standard InChI is InChI=1S/C5H12N2O.C2H6N2O/c1-2-3-4-5(8)7-6;1-2(5)4-3/h2-4,6H2,1H3,(H,7,8);3H2,1H3,(H,4,5). The molecule has 0 saturated heterocycles. The van der Waals surface area contributed by atoms with Crippen LogP contribution in [0.25, 0.3) is 0 Å². The summed E-state index contributed by atoms with van der Waals surface area (Å²) in [6.45, 7) is 3.38. The Balaban J connectivity index is 0. The van der Waals surface area contributed by atoms with Crippen molar-refractivity contribution in [2.24, 2.45) is 11.7 Å². The second kappa shape index (κ2) is 10.9. The molecule has 6 N–H and O–H groups in total. The van der Waals surface area contributed by atoms with Crippen molar-refractivity contribution in [3.05, 3.63) is 0 Å². The highest BCUT2D eigenvalue weighted by atomic mass is 16.2. The highest BCUT2D eigenvalue weighted by Gasteiger charge is 1.93. The SMILES string of the molecule is CC(=O)NN.CCCCC(=O)NN. The molecule has 0 spiro atoms. The summed E-state index contributed by atoms with van der Waals surface area (Å²) < 4.78 is 0. The molecule has 0 bridgehead atoms. The smallest absolute Gasteiger partial charge is 0.233 e. The molecule has 0 rings (SSSR count). The monoisotopic (exact) mass is 190 g/mol. The van der Waals surface area contributed by atoms with Crippen molar-refractivity contribution in [3.8, 4) is 0 Å². The number of unbranched alkanes of at least 4 members (excludes halogenated alkanes) is 1. The fourth-order valence-corrected chi connectivity index (χ4v) is 0.410. The zero-order valence-corrected chi connectivity index (χ0v) is 8.09. The van der Waals surface area contributed by atoms with E-state index in [1.165, 1.54) is 6.92 Å². The van der Waals surface area contributed by atoms with E-state index in [0.29, 0.717) is 6.42 Å². The first-order valence-electron chi connectivity index (χ1n) is 4.05. The molecule has 0 aliphatic heterocycles. The number of nitrogens with two attached hydrogens (primary N) is 2. The molecule has 6 nitrogen and oxygen atoms in total. The van der Waals surface area contributed by atoms with Gasteiger partial charge in [0.1, 0.15) is 0 Å². The first-order chi connectivity index (χ1) is 6.08. The van der Waals surface area contributed by atoms with Gasteiger partial charge in [-0.2, -0.15) is 0 Å². The van der Waals surface area contributed by atoms with Crippen LogP contribution in [0.4, 0.5) is 0 Å². The summed E-state index contributed by atoms with van der Waals surface area (Å²) in [5.41, 5.74) is 3.95. The molecule has 6 heteroatoms. The van der Waals surface area contributed by atoms with Gasteiger partial charge in [0.05, 0.1) is 0 Å². The zero-order chi connectivity index (χ0) is 10.7. The van der Waals surface area contributed by atoms with E-state index in [9.17, 15) is 9.59 Å². The van der Waals surface area contributed by atoms with Gasteiger partial charge in [-0.25, -0.2) is 11.7 Å². The average Bonchev–Trinajstić information content (AvgIpc) is 2.15. The van der Waals surface area contributed by atoms with Crippen LogP contribution in [0, 0.1) is 0 Å². The summed E-state index contributed by atoms with van der Waals surface area (Å²) in [6, 6.07) is 0. The fraction of sp³-hybridized carbons (Fsp3) is 0.714. The van der Waals surface area contributed by atoms with Crippen LogP contribution in [-0.2, 0) is 9.59 Å². The van der Waals surface area contributed by atoms with Gasteiger partial charge in [-0.1, -0.05) is 13.3 Å². The summed E-state index contributed by atoms with van der Waals surface area (Å²) in [7, 11) is 0. The molecule has 0 aromatic rings. The minimum atomic E-state index is -0.218. The molecular weight excluding hydrogens is 172 g/mol. The normalized spacial score (nSPS) is 8.00. The molecule has 0 heterocycles. The third-order valence-electron chi connectivity index (χ3n) is 1.12. The van der Waals surface area contributed by atoms with Crippen LogP contribution >= 0.6 is 0 Å². The summed E-state index contributed by atoms with van der Waals surface area (Å²) >= 11 is 0. The molecule has 0 aliphatic rings. The number of nitrogens with one attached hydrogen (secondary N) is 2. The van der Waals surface area contributed by atoms with Crippen LogP contribution < -0.4 is 22.5 Å². The third-order valence-corrected chi connectivity index (χ3v) is 1.12. The largest absolute Gasteiger partial charge is 0.295 e. The number of carbonyl (C=O) groups excluding carboxylic acids is 2.